The van der Waals surface area contributed by atoms with Crippen LogP contribution >= 0.6 is 11.8 Å². The predicted molar refractivity (Wildman–Crippen MR) is 168 cm³/mol. The van der Waals surface area contributed by atoms with Gasteiger partial charge in [0.1, 0.15) is 18.1 Å². The second kappa shape index (κ2) is 13.8. The van der Waals surface area contributed by atoms with Crippen molar-refractivity contribution in [1.29, 1.82) is 5.26 Å². The van der Waals surface area contributed by atoms with E-state index in [0.717, 1.165) is 40.9 Å². The summed E-state index contributed by atoms with van der Waals surface area (Å²) in [7, 11) is -5.54. The van der Waals surface area contributed by atoms with Crippen LogP contribution in [-0.2, 0) is 14.6 Å². The van der Waals surface area contributed by atoms with Crippen LogP contribution in [0, 0.1) is 18.3 Å². The van der Waals surface area contributed by atoms with E-state index in [1.54, 1.807) is 13.0 Å². The fourth-order valence-corrected chi connectivity index (χ4v) is 6.05. The van der Waals surface area contributed by atoms with Gasteiger partial charge >= 0.3 is 17.7 Å². The van der Waals surface area contributed by atoms with E-state index in [1.807, 2.05) is 6.07 Å². The molecule has 20 heteroatoms. The number of carbonyl (C=O) groups excluding carboxylic acids is 2. The lowest BCUT2D eigenvalue weighted by molar-refractivity contribution is -0.139. The van der Waals surface area contributed by atoms with Gasteiger partial charge in [-0.1, -0.05) is 17.8 Å². The molecule has 12 nitrogen and oxygen atoms in total. The second-order valence-corrected chi connectivity index (χ2v) is 13.2. The fourth-order valence-electron chi connectivity index (χ4n) is 4.43. The maximum Gasteiger partial charge on any atom is 0.501 e. The fraction of sp³-hybridized carbons (Fsp3) is 0.200. The number of nitriles is 1. The summed E-state index contributed by atoms with van der Waals surface area (Å²) in [5.74, 6) is -0.552. The number of benzene rings is 3. The van der Waals surface area contributed by atoms with Gasteiger partial charge in [-0.25, -0.2) is 22.9 Å². The summed E-state index contributed by atoms with van der Waals surface area (Å²) in [6.45, 7) is 0.996. The van der Waals surface area contributed by atoms with Crippen LogP contribution in [0.5, 0.6) is 5.75 Å². The number of carbonyl (C=O) groups is 2. The summed E-state index contributed by atoms with van der Waals surface area (Å²) in [5.41, 5.74) is -4.22. The molecule has 260 valence electrons. The first kappa shape index (κ1) is 35.9. The maximum atomic E-state index is 13.0. The molecule has 1 aliphatic rings. The lowest BCUT2D eigenvalue weighted by Gasteiger charge is -2.20. The lowest BCUT2D eigenvalue weighted by Crippen LogP contribution is -2.31. The molecule has 3 aromatic carbocycles. The molecule has 50 heavy (non-hydrogen) atoms. The monoisotopic (exact) mass is 737 g/mol. The Hall–Kier alpha value is -5.42. The number of aromatic nitrogens is 3. The topological polar surface area (TPSA) is 160 Å². The van der Waals surface area contributed by atoms with E-state index in [9.17, 15) is 49.6 Å². The number of aliphatic imine (C=N–C) groups is 1. The minimum atomic E-state index is -5.54. The molecule has 0 spiro atoms. The third kappa shape index (κ3) is 7.89. The highest BCUT2D eigenvalue weighted by Crippen LogP contribution is 2.36. The molecule has 4 aromatic rings. The van der Waals surface area contributed by atoms with Crippen molar-refractivity contribution in [3.05, 3.63) is 78.1 Å². The summed E-state index contributed by atoms with van der Waals surface area (Å²) in [4.78, 5) is 34.0. The number of amides is 3. The molecular formula is C30H21F6N7O5S2. The average molecular weight is 738 g/mol. The summed E-state index contributed by atoms with van der Waals surface area (Å²) in [6.07, 6.45) is -4.46. The molecule has 1 aliphatic heterocycles. The number of rotatable bonds is 8. The van der Waals surface area contributed by atoms with E-state index >= 15 is 0 Å². The van der Waals surface area contributed by atoms with E-state index < -0.39 is 51.4 Å². The third-order valence-corrected chi connectivity index (χ3v) is 9.23. The Morgan fingerprint density at radius 2 is 1.80 bits per heavy atom. The molecule has 0 radical (unpaired) electrons. The van der Waals surface area contributed by atoms with Gasteiger partial charge < -0.3 is 10.1 Å². The maximum absolute atomic E-state index is 13.0. The van der Waals surface area contributed by atoms with E-state index in [4.69, 9.17) is 4.74 Å². The van der Waals surface area contributed by atoms with Crippen molar-refractivity contribution in [2.75, 3.05) is 22.6 Å². The second-order valence-electron chi connectivity index (χ2n) is 10.4. The Morgan fingerprint density at radius 3 is 2.46 bits per heavy atom. The van der Waals surface area contributed by atoms with Gasteiger partial charge in [-0.05, 0) is 67.1 Å². The van der Waals surface area contributed by atoms with Crippen LogP contribution in [0.2, 0.25) is 0 Å². The molecule has 5 rings (SSSR count). The Kier molecular flexibility index (Phi) is 9.92. The van der Waals surface area contributed by atoms with Crippen molar-refractivity contribution in [2.24, 2.45) is 4.99 Å². The molecule has 0 saturated carbocycles. The number of hydrogen-bond acceptors (Lipinski definition) is 9. The molecule has 1 saturated heterocycles. The molecule has 3 amide bonds. The van der Waals surface area contributed by atoms with Crippen molar-refractivity contribution in [3.63, 3.8) is 0 Å². The standard InChI is InChI=1S/C30H21F6N7O5S2/c1-17-2-9-24(48-11-10-29(31,32)33)23(12-17)43-25(44)15-49-28(43)40-27(45)39-22-8-3-18(13-19(22)14-37)26-38-16-42(41-26)20-4-6-21(7-5-20)50(46,47)30(34,35)36/h2-9,12-13,16H,10-11,15H2,1H3,(H,39,45). The number of amidine groups is 1. The van der Waals surface area contributed by atoms with E-state index in [0.29, 0.717) is 11.1 Å². The van der Waals surface area contributed by atoms with Gasteiger partial charge in [0, 0.05) is 5.56 Å². The number of nitrogens with zero attached hydrogens (tertiary/aromatic N) is 6. The average Bonchev–Trinajstić information content (AvgIpc) is 3.68. The number of hydrogen-bond donors (Lipinski definition) is 1. The molecule has 1 N–H and O–H groups in total. The van der Waals surface area contributed by atoms with Gasteiger partial charge in [-0.15, -0.1) is 5.10 Å². The molecule has 0 aliphatic carbocycles. The number of thioether (sulfide) groups is 1. The molecule has 2 heterocycles. The Labute approximate surface area is 283 Å². The zero-order valence-electron chi connectivity index (χ0n) is 25.3. The summed E-state index contributed by atoms with van der Waals surface area (Å²) < 4.78 is 106. The zero-order chi connectivity index (χ0) is 36.4. The highest BCUT2D eigenvalue weighted by Gasteiger charge is 2.46. The van der Waals surface area contributed by atoms with Crippen LogP contribution in [0.15, 0.2) is 76.9 Å². The summed E-state index contributed by atoms with van der Waals surface area (Å²) in [6, 6.07) is 13.4. The first-order valence-corrected chi connectivity index (χ1v) is 16.5. The number of halogens is 6. The highest BCUT2D eigenvalue weighted by molar-refractivity contribution is 8.15. The van der Waals surface area contributed by atoms with Crippen molar-refractivity contribution in [1.82, 2.24) is 14.8 Å². The van der Waals surface area contributed by atoms with Crippen molar-refractivity contribution >= 4 is 50.1 Å². The summed E-state index contributed by atoms with van der Waals surface area (Å²) in [5, 5.41) is 16.4. The van der Waals surface area contributed by atoms with Gasteiger partial charge in [0.25, 0.3) is 9.84 Å². The lowest BCUT2D eigenvalue weighted by atomic mass is 10.1. The van der Waals surface area contributed by atoms with Gasteiger partial charge in [0.05, 0.1) is 46.3 Å². The SMILES string of the molecule is Cc1ccc(OCCC(F)(F)F)c(N2C(=O)CSC2=NC(=O)Nc2ccc(-c3ncn(-c4ccc(S(=O)(=O)C(F)(F)F)cc4)n3)cc2C#N)c1. The Balaban J connectivity index is 1.33. The van der Waals surface area contributed by atoms with Crippen LogP contribution in [0.3, 0.4) is 0 Å². The molecule has 1 fully saturated rings. The number of anilines is 2. The van der Waals surface area contributed by atoms with E-state index in [2.05, 4.69) is 20.4 Å². The van der Waals surface area contributed by atoms with Crippen LogP contribution in [0.1, 0.15) is 17.5 Å². The van der Waals surface area contributed by atoms with Crippen LogP contribution < -0.4 is 15.0 Å². The molecule has 0 bridgehead atoms. The molecule has 0 atom stereocenters. The number of urea groups is 1. The first-order valence-electron chi connectivity index (χ1n) is 14.0. The van der Waals surface area contributed by atoms with E-state index in [-0.39, 0.29) is 45.1 Å². The number of alkyl halides is 6. The zero-order valence-corrected chi connectivity index (χ0v) is 26.9. The Bertz CT molecular complexity index is 2140. The van der Waals surface area contributed by atoms with Crippen LogP contribution in [0.4, 0.5) is 42.5 Å². The van der Waals surface area contributed by atoms with Crippen molar-refractivity contribution in [2.45, 2.75) is 29.9 Å². The summed E-state index contributed by atoms with van der Waals surface area (Å²) >= 11 is 0.914. The normalized spacial score (nSPS) is 14.6. The number of nitrogens with one attached hydrogen (secondary N) is 1. The van der Waals surface area contributed by atoms with Gasteiger partial charge in [0.2, 0.25) is 5.91 Å². The molecule has 0 unspecified atom stereocenters. The highest BCUT2D eigenvalue weighted by atomic mass is 32.2. The van der Waals surface area contributed by atoms with Gasteiger partial charge in [0.15, 0.2) is 11.0 Å². The van der Waals surface area contributed by atoms with Crippen molar-refractivity contribution in [3.8, 4) is 28.9 Å². The first-order chi connectivity index (χ1) is 23.5. The largest absolute Gasteiger partial charge is 0.501 e. The van der Waals surface area contributed by atoms with Gasteiger partial charge in [-0.2, -0.15) is 36.6 Å². The quantitative estimate of drug-likeness (QED) is 0.202. The minimum absolute atomic E-state index is 0.0198. The predicted octanol–water partition coefficient (Wildman–Crippen LogP) is 6.41. The minimum Gasteiger partial charge on any atom is -0.491 e. The third-order valence-electron chi connectivity index (χ3n) is 6.81. The molecule has 1 aromatic heterocycles. The van der Waals surface area contributed by atoms with Crippen LogP contribution in [0.25, 0.3) is 17.1 Å². The van der Waals surface area contributed by atoms with Crippen molar-refractivity contribution < 1.29 is 49.1 Å². The number of ether oxygens (including phenoxy) is 1. The van der Waals surface area contributed by atoms with Crippen LogP contribution in [-0.4, -0.2) is 64.3 Å². The van der Waals surface area contributed by atoms with Gasteiger partial charge in [-0.3, -0.25) is 9.69 Å². The number of aryl methyl sites for hydroxylation is 1. The van der Waals surface area contributed by atoms with E-state index in [1.165, 1.54) is 41.3 Å². The Morgan fingerprint density at radius 1 is 1.08 bits per heavy atom. The number of sulfone groups is 1. The smallest absolute Gasteiger partial charge is 0.491 e. The molecular weight excluding hydrogens is 716 g/mol.